The second-order valence-electron chi connectivity index (χ2n) is 5.93. The third-order valence-corrected chi connectivity index (χ3v) is 4.91. The molecule has 1 heterocycles. The van der Waals surface area contributed by atoms with Gasteiger partial charge in [-0.3, -0.25) is 4.79 Å². The maximum absolute atomic E-state index is 11.9. The van der Waals surface area contributed by atoms with Gasteiger partial charge in [0.05, 0.1) is 28.3 Å². The first-order chi connectivity index (χ1) is 11.5. The lowest BCUT2D eigenvalue weighted by Crippen LogP contribution is -2.17. The van der Waals surface area contributed by atoms with Crippen molar-refractivity contribution in [1.82, 2.24) is 0 Å². The van der Waals surface area contributed by atoms with Crippen molar-refractivity contribution in [3.8, 4) is 0 Å². The van der Waals surface area contributed by atoms with Crippen LogP contribution < -0.4 is 4.90 Å². The van der Waals surface area contributed by atoms with Gasteiger partial charge >= 0.3 is 5.97 Å². The van der Waals surface area contributed by atoms with Crippen LogP contribution in [-0.2, 0) is 22.6 Å². The highest BCUT2D eigenvalue weighted by Gasteiger charge is 2.25. The van der Waals surface area contributed by atoms with Gasteiger partial charge in [-0.2, -0.15) is 0 Å². The van der Waals surface area contributed by atoms with Crippen molar-refractivity contribution in [3.05, 3.63) is 63.1 Å². The van der Waals surface area contributed by atoms with Crippen LogP contribution in [0.5, 0.6) is 0 Å². The molecule has 0 N–H and O–H groups in total. The van der Waals surface area contributed by atoms with Gasteiger partial charge in [-0.05, 0) is 42.7 Å². The molecule has 3 rings (SSSR count). The Morgan fingerprint density at radius 2 is 1.71 bits per heavy atom. The van der Waals surface area contributed by atoms with Gasteiger partial charge in [0, 0.05) is 13.1 Å². The number of anilines is 1. The lowest BCUT2D eigenvalue weighted by atomic mass is 10.0. The summed E-state index contributed by atoms with van der Waals surface area (Å²) in [7, 11) is 0. The molecule has 1 unspecified atom stereocenters. The van der Waals surface area contributed by atoms with Gasteiger partial charge < -0.3 is 9.64 Å². The second-order valence-corrected chi connectivity index (χ2v) is 6.75. The fourth-order valence-electron chi connectivity index (χ4n) is 3.03. The van der Waals surface area contributed by atoms with Crippen molar-refractivity contribution in [1.29, 1.82) is 0 Å². The van der Waals surface area contributed by atoms with E-state index in [-0.39, 0.29) is 5.97 Å². The summed E-state index contributed by atoms with van der Waals surface area (Å²) in [5, 5.41) is 1.11. The predicted octanol–water partition coefficient (Wildman–Crippen LogP) is 5.18. The lowest BCUT2D eigenvalue weighted by molar-refractivity contribution is -0.144. The summed E-state index contributed by atoms with van der Waals surface area (Å²) in [6, 6.07) is 11.9. The zero-order valence-corrected chi connectivity index (χ0v) is 15.2. The van der Waals surface area contributed by atoms with E-state index < -0.39 is 5.92 Å². The van der Waals surface area contributed by atoms with Gasteiger partial charge in [0.15, 0.2) is 0 Å². The summed E-state index contributed by atoms with van der Waals surface area (Å²) in [6.07, 6.45) is 0. The summed E-state index contributed by atoms with van der Waals surface area (Å²) in [5.41, 5.74) is 4.15. The predicted molar refractivity (Wildman–Crippen MR) is 97.8 cm³/mol. The molecule has 0 radical (unpaired) electrons. The molecule has 0 saturated heterocycles. The SMILES string of the molecule is CCOC(=O)C(C)c1cc(Cl)c(N2Cc3ccccc3C2)c(Cl)c1. The van der Waals surface area contributed by atoms with Gasteiger partial charge in [0.25, 0.3) is 0 Å². The summed E-state index contributed by atoms with van der Waals surface area (Å²) in [6.45, 7) is 5.50. The molecule has 2 aromatic rings. The normalized spacial score (nSPS) is 14.4. The van der Waals surface area contributed by atoms with Crippen molar-refractivity contribution >= 4 is 34.9 Å². The number of carbonyl (C=O) groups is 1. The van der Waals surface area contributed by atoms with Crippen molar-refractivity contribution in [2.45, 2.75) is 32.9 Å². The summed E-state index contributed by atoms with van der Waals surface area (Å²) in [5.74, 6) is -0.671. The zero-order valence-electron chi connectivity index (χ0n) is 13.7. The fourth-order valence-corrected chi connectivity index (χ4v) is 3.77. The molecule has 2 aromatic carbocycles. The van der Waals surface area contributed by atoms with Crippen LogP contribution in [-0.4, -0.2) is 12.6 Å². The van der Waals surface area contributed by atoms with Crippen molar-refractivity contribution in [2.24, 2.45) is 0 Å². The number of nitrogens with zero attached hydrogens (tertiary/aromatic N) is 1. The molecule has 0 bridgehead atoms. The van der Waals surface area contributed by atoms with E-state index in [4.69, 9.17) is 27.9 Å². The average Bonchev–Trinajstić information content (AvgIpc) is 2.97. The maximum atomic E-state index is 11.9. The monoisotopic (exact) mass is 363 g/mol. The minimum Gasteiger partial charge on any atom is -0.466 e. The van der Waals surface area contributed by atoms with Crippen LogP contribution >= 0.6 is 23.2 Å². The van der Waals surface area contributed by atoms with Crippen LogP contribution in [0.2, 0.25) is 10.0 Å². The number of ether oxygens (including phenoxy) is 1. The van der Waals surface area contributed by atoms with Crippen LogP contribution in [0.1, 0.15) is 36.5 Å². The van der Waals surface area contributed by atoms with Gasteiger partial charge in [-0.25, -0.2) is 0 Å². The molecule has 0 aromatic heterocycles. The van der Waals surface area contributed by atoms with Gasteiger partial charge in [0.2, 0.25) is 0 Å². The molecule has 0 aliphatic carbocycles. The van der Waals surface area contributed by atoms with Crippen LogP contribution in [0, 0.1) is 0 Å². The first kappa shape index (κ1) is 17.1. The standard InChI is InChI=1S/C19H19Cl2NO2/c1-3-24-19(23)12(2)15-8-16(20)18(17(21)9-15)22-10-13-6-4-5-7-14(13)11-22/h4-9,12H,3,10-11H2,1-2H3. The summed E-state index contributed by atoms with van der Waals surface area (Å²) < 4.78 is 5.07. The third-order valence-electron chi connectivity index (χ3n) is 4.34. The molecule has 0 spiro atoms. The highest BCUT2D eigenvalue weighted by molar-refractivity contribution is 6.39. The van der Waals surface area contributed by atoms with Crippen LogP contribution in [0.25, 0.3) is 0 Å². The molecule has 126 valence electrons. The summed E-state index contributed by atoms with van der Waals surface area (Å²) in [4.78, 5) is 14.1. The molecule has 5 heteroatoms. The number of halogens is 2. The Morgan fingerprint density at radius 1 is 1.17 bits per heavy atom. The van der Waals surface area contributed by atoms with E-state index >= 15 is 0 Å². The van der Waals surface area contributed by atoms with Crippen molar-refractivity contribution in [2.75, 3.05) is 11.5 Å². The quantitative estimate of drug-likeness (QED) is 0.700. The Bertz CT molecular complexity index is 728. The molecule has 3 nitrogen and oxygen atoms in total. The molecule has 0 fully saturated rings. The van der Waals surface area contributed by atoms with Crippen molar-refractivity contribution in [3.63, 3.8) is 0 Å². The van der Waals surface area contributed by atoms with E-state index in [2.05, 4.69) is 17.0 Å². The Kier molecular flexibility index (Phi) is 5.02. The van der Waals surface area contributed by atoms with Gasteiger partial charge in [-0.15, -0.1) is 0 Å². The largest absolute Gasteiger partial charge is 0.466 e. The lowest BCUT2D eigenvalue weighted by Gasteiger charge is -2.22. The minimum atomic E-state index is -0.398. The number of hydrogen-bond acceptors (Lipinski definition) is 3. The Morgan fingerprint density at radius 3 is 2.21 bits per heavy atom. The van der Waals surface area contributed by atoms with E-state index in [1.165, 1.54) is 11.1 Å². The van der Waals surface area contributed by atoms with E-state index in [0.717, 1.165) is 24.3 Å². The maximum Gasteiger partial charge on any atom is 0.313 e. The number of rotatable bonds is 4. The van der Waals surface area contributed by atoms with E-state index in [1.54, 1.807) is 13.8 Å². The molecule has 1 atom stereocenters. The molecule has 1 aliphatic heterocycles. The van der Waals surface area contributed by atoms with E-state index in [0.29, 0.717) is 16.7 Å². The van der Waals surface area contributed by atoms with Crippen LogP contribution in [0.4, 0.5) is 5.69 Å². The zero-order chi connectivity index (χ0) is 17.3. The molecular weight excluding hydrogens is 345 g/mol. The second kappa shape index (κ2) is 7.04. The smallest absolute Gasteiger partial charge is 0.313 e. The molecule has 0 amide bonds. The highest BCUT2D eigenvalue weighted by atomic mass is 35.5. The van der Waals surface area contributed by atoms with Gasteiger partial charge in [-0.1, -0.05) is 47.5 Å². The molecular formula is C19H19Cl2NO2. The summed E-state index contributed by atoms with van der Waals surface area (Å²) >= 11 is 13.0. The highest BCUT2D eigenvalue weighted by Crippen LogP contribution is 2.40. The first-order valence-corrected chi connectivity index (χ1v) is 8.74. The molecule has 1 aliphatic rings. The first-order valence-electron chi connectivity index (χ1n) is 7.98. The Balaban J connectivity index is 1.88. The topological polar surface area (TPSA) is 29.5 Å². The fraction of sp³-hybridized carbons (Fsp3) is 0.316. The van der Waals surface area contributed by atoms with Crippen molar-refractivity contribution < 1.29 is 9.53 Å². The minimum absolute atomic E-state index is 0.272. The number of benzene rings is 2. The van der Waals surface area contributed by atoms with Gasteiger partial charge in [0.1, 0.15) is 0 Å². The number of hydrogen-bond donors (Lipinski definition) is 0. The van der Waals surface area contributed by atoms with E-state index in [1.807, 2.05) is 24.3 Å². The Labute approximate surface area is 152 Å². The molecule has 24 heavy (non-hydrogen) atoms. The number of esters is 1. The van der Waals surface area contributed by atoms with Crippen LogP contribution in [0.3, 0.4) is 0 Å². The number of fused-ring (bicyclic) bond motifs is 1. The van der Waals surface area contributed by atoms with E-state index in [9.17, 15) is 4.79 Å². The third kappa shape index (κ3) is 3.24. The molecule has 0 saturated carbocycles. The van der Waals surface area contributed by atoms with Crippen LogP contribution in [0.15, 0.2) is 36.4 Å². The average molecular weight is 364 g/mol. The number of carbonyl (C=O) groups excluding carboxylic acids is 1. The Hall–Kier alpha value is -1.71.